The minimum atomic E-state index is -0.751. The van der Waals surface area contributed by atoms with Gasteiger partial charge in [-0.2, -0.15) is 0 Å². The molecule has 3 unspecified atom stereocenters. The molecule has 3 N–H and O–H groups in total. The zero-order chi connectivity index (χ0) is 19.1. The van der Waals surface area contributed by atoms with Crippen LogP contribution in [-0.4, -0.2) is 19.1 Å². The van der Waals surface area contributed by atoms with Crippen LogP contribution in [0.4, 0.5) is 5.69 Å². The van der Waals surface area contributed by atoms with Gasteiger partial charge in [0.1, 0.15) is 12.4 Å². The van der Waals surface area contributed by atoms with Gasteiger partial charge in [0, 0.05) is 18.4 Å². The highest BCUT2D eigenvalue weighted by Gasteiger charge is 2.70. The number of rotatable bonds is 4. The van der Waals surface area contributed by atoms with Gasteiger partial charge in [0.25, 0.3) is 0 Å². The number of ether oxygens (including phenoxy) is 1. The number of hydrogen-bond donors (Lipinski definition) is 2. The van der Waals surface area contributed by atoms with Gasteiger partial charge in [-0.15, -0.1) is 0 Å². The fourth-order valence-electron chi connectivity index (χ4n) is 4.83. The highest BCUT2D eigenvalue weighted by atomic mass is 16.5. The molecular formula is C24H22N2O2. The van der Waals surface area contributed by atoms with Crippen molar-refractivity contribution in [2.45, 2.75) is 17.3 Å². The smallest absolute Gasteiger partial charge is 0.229 e. The van der Waals surface area contributed by atoms with Crippen LogP contribution in [0.3, 0.4) is 0 Å². The predicted octanol–water partition coefficient (Wildman–Crippen LogP) is 3.80. The van der Waals surface area contributed by atoms with Crippen LogP contribution < -0.4 is 15.8 Å². The number of nitrogens with two attached hydrogens (primary N) is 1. The predicted molar refractivity (Wildman–Crippen MR) is 110 cm³/mol. The maximum Gasteiger partial charge on any atom is 0.229 e. The van der Waals surface area contributed by atoms with Crippen molar-refractivity contribution in [3.8, 4) is 5.75 Å². The quantitative estimate of drug-likeness (QED) is 0.734. The molecule has 0 bridgehead atoms. The normalized spacial score (nSPS) is 25.1. The standard InChI is InChI=1S/C24H22N2O2/c25-23(27)24(18-9-5-2-6-10-18)21(16-7-3-1-4-8-16)22(24)17-11-12-19-20(15-17)28-14-13-26-19/h1-12,15,21-22,26H,13-14H2,(H2,25,27). The van der Waals surface area contributed by atoms with Crippen LogP contribution in [-0.2, 0) is 10.2 Å². The third-order valence-corrected chi connectivity index (χ3v) is 6.06. The Balaban J connectivity index is 1.67. The average Bonchev–Trinajstić information content (AvgIpc) is 3.46. The molecule has 28 heavy (non-hydrogen) atoms. The first kappa shape index (κ1) is 16.9. The maximum absolute atomic E-state index is 12.9. The Bertz CT molecular complexity index is 1020. The van der Waals surface area contributed by atoms with Gasteiger partial charge < -0.3 is 15.8 Å². The summed E-state index contributed by atoms with van der Waals surface area (Å²) < 4.78 is 5.84. The molecule has 2 aliphatic rings. The van der Waals surface area contributed by atoms with Crippen LogP contribution in [0.25, 0.3) is 0 Å². The highest BCUT2D eigenvalue weighted by molar-refractivity contribution is 5.95. The summed E-state index contributed by atoms with van der Waals surface area (Å²) in [4.78, 5) is 12.9. The number of amides is 1. The van der Waals surface area contributed by atoms with Crippen molar-refractivity contribution in [3.63, 3.8) is 0 Å². The van der Waals surface area contributed by atoms with Gasteiger partial charge in [-0.1, -0.05) is 66.7 Å². The molecule has 0 aromatic heterocycles. The van der Waals surface area contributed by atoms with Crippen LogP contribution in [0.15, 0.2) is 78.9 Å². The van der Waals surface area contributed by atoms with Crippen molar-refractivity contribution in [3.05, 3.63) is 95.6 Å². The van der Waals surface area contributed by atoms with E-state index in [9.17, 15) is 4.79 Å². The number of carbonyl (C=O) groups excluding carboxylic acids is 1. The second-order valence-corrected chi connectivity index (χ2v) is 7.50. The maximum atomic E-state index is 12.9. The lowest BCUT2D eigenvalue weighted by Gasteiger charge is -2.20. The number of anilines is 1. The molecule has 0 radical (unpaired) electrons. The van der Waals surface area contributed by atoms with E-state index in [4.69, 9.17) is 10.5 Å². The molecule has 3 aromatic carbocycles. The number of nitrogens with one attached hydrogen (secondary N) is 1. The third-order valence-electron chi connectivity index (χ3n) is 6.06. The Hall–Kier alpha value is -3.27. The molecule has 1 saturated carbocycles. The number of carbonyl (C=O) groups is 1. The molecule has 0 spiro atoms. The number of primary amides is 1. The van der Waals surface area contributed by atoms with Crippen molar-refractivity contribution >= 4 is 11.6 Å². The number of hydrogen-bond acceptors (Lipinski definition) is 3. The highest BCUT2D eigenvalue weighted by Crippen LogP contribution is 2.71. The zero-order valence-corrected chi connectivity index (χ0v) is 15.5. The molecule has 140 valence electrons. The van der Waals surface area contributed by atoms with E-state index < -0.39 is 5.41 Å². The van der Waals surface area contributed by atoms with Crippen LogP contribution in [0.2, 0.25) is 0 Å². The lowest BCUT2D eigenvalue weighted by molar-refractivity contribution is -0.120. The van der Waals surface area contributed by atoms with Crippen molar-refractivity contribution in [2.24, 2.45) is 5.73 Å². The Morgan fingerprint density at radius 1 is 0.929 bits per heavy atom. The lowest BCUT2D eigenvalue weighted by atomic mass is 9.88. The fourth-order valence-corrected chi connectivity index (χ4v) is 4.83. The monoisotopic (exact) mass is 370 g/mol. The average molecular weight is 370 g/mol. The summed E-state index contributed by atoms with van der Waals surface area (Å²) >= 11 is 0. The van der Waals surface area contributed by atoms with E-state index in [2.05, 4.69) is 29.6 Å². The largest absolute Gasteiger partial charge is 0.490 e. The van der Waals surface area contributed by atoms with Crippen LogP contribution in [0.5, 0.6) is 5.75 Å². The first-order chi connectivity index (χ1) is 13.7. The number of benzene rings is 3. The summed E-state index contributed by atoms with van der Waals surface area (Å²) in [5, 5.41) is 3.35. The minimum Gasteiger partial charge on any atom is -0.490 e. The van der Waals surface area contributed by atoms with Gasteiger partial charge in [0.15, 0.2) is 0 Å². The Morgan fingerprint density at radius 2 is 1.61 bits per heavy atom. The molecule has 4 nitrogen and oxygen atoms in total. The zero-order valence-electron chi connectivity index (χ0n) is 15.5. The van der Waals surface area contributed by atoms with E-state index in [-0.39, 0.29) is 17.7 Å². The second kappa shape index (κ2) is 6.41. The lowest BCUT2D eigenvalue weighted by Crippen LogP contribution is -2.31. The van der Waals surface area contributed by atoms with E-state index >= 15 is 0 Å². The van der Waals surface area contributed by atoms with E-state index in [1.54, 1.807) is 0 Å². The summed E-state index contributed by atoms with van der Waals surface area (Å²) in [6, 6.07) is 26.3. The number of fused-ring (bicyclic) bond motifs is 1. The van der Waals surface area contributed by atoms with Crippen LogP contribution in [0, 0.1) is 0 Å². The molecule has 4 heteroatoms. The molecule has 3 atom stereocenters. The van der Waals surface area contributed by atoms with Crippen molar-refractivity contribution < 1.29 is 9.53 Å². The SMILES string of the molecule is NC(=O)C1(c2ccccc2)C(c2ccccc2)C1c1ccc2c(c1)OCCN2. The molecule has 1 aliphatic heterocycles. The minimum absolute atomic E-state index is 0.00296. The van der Waals surface area contributed by atoms with Crippen LogP contribution in [0.1, 0.15) is 28.5 Å². The topological polar surface area (TPSA) is 64.4 Å². The summed E-state index contributed by atoms with van der Waals surface area (Å²) in [6.45, 7) is 1.44. The van der Waals surface area contributed by atoms with Gasteiger partial charge in [-0.25, -0.2) is 0 Å². The Morgan fingerprint density at radius 3 is 2.32 bits per heavy atom. The van der Waals surface area contributed by atoms with Gasteiger partial charge >= 0.3 is 0 Å². The Kier molecular flexibility index (Phi) is 3.86. The van der Waals surface area contributed by atoms with Gasteiger partial charge in [-0.3, -0.25) is 4.79 Å². The Labute approximate surface area is 164 Å². The third kappa shape index (κ3) is 2.41. The van der Waals surface area contributed by atoms with E-state index in [1.807, 2.05) is 54.6 Å². The van der Waals surface area contributed by atoms with Crippen molar-refractivity contribution in [1.82, 2.24) is 0 Å². The molecule has 3 aromatic rings. The van der Waals surface area contributed by atoms with Gasteiger partial charge in [-0.05, 0) is 28.8 Å². The van der Waals surface area contributed by atoms with Crippen molar-refractivity contribution in [1.29, 1.82) is 0 Å². The molecule has 1 fully saturated rings. The molecule has 1 aliphatic carbocycles. The summed E-state index contributed by atoms with van der Waals surface area (Å²) in [5.74, 6) is 0.539. The van der Waals surface area contributed by atoms with Gasteiger partial charge in [0.05, 0.1) is 11.1 Å². The second-order valence-electron chi connectivity index (χ2n) is 7.50. The first-order valence-electron chi connectivity index (χ1n) is 9.64. The van der Waals surface area contributed by atoms with Crippen LogP contribution >= 0.6 is 0 Å². The summed E-state index contributed by atoms with van der Waals surface area (Å²) in [5.41, 5.74) is 9.51. The first-order valence-corrected chi connectivity index (χ1v) is 9.64. The van der Waals surface area contributed by atoms with Gasteiger partial charge in [0.2, 0.25) is 5.91 Å². The van der Waals surface area contributed by atoms with E-state index in [0.717, 1.165) is 34.7 Å². The molecule has 1 heterocycles. The molecule has 0 saturated heterocycles. The summed E-state index contributed by atoms with van der Waals surface area (Å²) in [7, 11) is 0. The molecular weight excluding hydrogens is 348 g/mol. The fraction of sp³-hybridized carbons (Fsp3) is 0.208. The van der Waals surface area contributed by atoms with E-state index in [0.29, 0.717) is 6.61 Å². The van der Waals surface area contributed by atoms with E-state index in [1.165, 1.54) is 0 Å². The molecule has 1 amide bonds. The molecule has 5 rings (SSSR count). The van der Waals surface area contributed by atoms with Crippen molar-refractivity contribution in [2.75, 3.05) is 18.5 Å². The summed E-state index contributed by atoms with van der Waals surface area (Å²) in [6.07, 6.45) is 0.